The maximum Gasteiger partial charge on any atom is 0.0989 e. The Morgan fingerprint density at radius 1 is 1.42 bits per heavy atom. The molecule has 0 aliphatic carbocycles. The second-order valence-electron chi connectivity index (χ2n) is 2.95. The van der Waals surface area contributed by atoms with Crippen LogP contribution < -0.4 is 0 Å². The molecule has 0 bridgehead atoms. The van der Waals surface area contributed by atoms with Crippen LogP contribution in [0.5, 0.6) is 0 Å². The third-order valence-electron chi connectivity index (χ3n) is 2.01. The molecule has 0 atom stereocenters. The van der Waals surface area contributed by atoms with E-state index in [2.05, 4.69) is 16.9 Å². The quantitative estimate of drug-likeness (QED) is 0.619. The van der Waals surface area contributed by atoms with E-state index < -0.39 is 0 Å². The van der Waals surface area contributed by atoms with Crippen molar-refractivity contribution in [3.8, 4) is 0 Å². The third kappa shape index (κ3) is 1.30. The number of hydrogen-bond donors (Lipinski definition) is 0. The summed E-state index contributed by atoms with van der Waals surface area (Å²) in [5.41, 5.74) is 2.43. The molecule has 0 spiro atoms. The SMILES string of the molecule is CC1=NC=C(n2ccnc2)CC1. The highest BCUT2D eigenvalue weighted by Crippen LogP contribution is 2.16. The van der Waals surface area contributed by atoms with Gasteiger partial charge in [0.1, 0.15) is 0 Å². The predicted octanol–water partition coefficient (Wildman–Crippen LogP) is 1.94. The van der Waals surface area contributed by atoms with E-state index in [-0.39, 0.29) is 0 Å². The predicted molar refractivity (Wildman–Crippen MR) is 48.8 cm³/mol. The minimum absolute atomic E-state index is 1.06. The Bertz CT molecular complexity index is 320. The van der Waals surface area contributed by atoms with Crippen LogP contribution in [0.3, 0.4) is 0 Å². The monoisotopic (exact) mass is 161 g/mol. The Morgan fingerprint density at radius 3 is 2.92 bits per heavy atom. The molecular weight excluding hydrogens is 150 g/mol. The van der Waals surface area contributed by atoms with Gasteiger partial charge >= 0.3 is 0 Å². The molecule has 0 fully saturated rings. The summed E-state index contributed by atoms with van der Waals surface area (Å²) in [4.78, 5) is 8.26. The summed E-state index contributed by atoms with van der Waals surface area (Å²) < 4.78 is 2.01. The maximum atomic E-state index is 4.27. The number of aliphatic imine (C=N–C) groups is 1. The largest absolute Gasteiger partial charge is 0.309 e. The van der Waals surface area contributed by atoms with Crippen LogP contribution in [-0.4, -0.2) is 15.3 Å². The van der Waals surface area contributed by atoms with Crippen LogP contribution in [-0.2, 0) is 0 Å². The van der Waals surface area contributed by atoms with Crippen LogP contribution in [0, 0.1) is 0 Å². The Morgan fingerprint density at radius 2 is 2.33 bits per heavy atom. The average Bonchev–Trinajstić information content (AvgIpc) is 2.58. The van der Waals surface area contributed by atoms with Crippen LogP contribution >= 0.6 is 0 Å². The van der Waals surface area contributed by atoms with E-state index >= 15 is 0 Å². The fourth-order valence-electron chi connectivity index (χ4n) is 1.25. The van der Waals surface area contributed by atoms with E-state index in [1.54, 1.807) is 6.20 Å². The lowest BCUT2D eigenvalue weighted by molar-refractivity contribution is 0.944. The average molecular weight is 161 g/mol. The summed E-state index contributed by atoms with van der Waals surface area (Å²) in [6.45, 7) is 2.06. The highest BCUT2D eigenvalue weighted by molar-refractivity contribution is 5.85. The lowest BCUT2D eigenvalue weighted by atomic mass is 10.1. The Hall–Kier alpha value is -1.38. The molecule has 3 nitrogen and oxygen atoms in total. The second-order valence-corrected chi connectivity index (χ2v) is 2.95. The molecule has 1 aromatic heterocycles. The van der Waals surface area contributed by atoms with Gasteiger partial charge in [-0.2, -0.15) is 0 Å². The van der Waals surface area contributed by atoms with Crippen molar-refractivity contribution in [2.45, 2.75) is 19.8 Å². The summed E-state index contributed by atoms with van der Waals surface area (Å²) in [6, 6.07) is 0. The van der Waals surface area contributed by atoms with E-state index in [1.807, 2.05) is 23.3 Å². The van der Waals surface area contributed by atoms with Crippen LogP contribution in [0.2, 0.25) is 0 Å². The number of imidazole rings is 1. The van der Waals surface area contributed by atoms with Crippen molar-refractivity contribution >= 4 is 11.4 Å². The number of rotatable bonds is 1. The zero-order valence-electron chi connectivity index (χ0n) is 7.07. The summed E-state index contributed by atoms with van der Waals surface area (Å²) >= 11 is 0. The topological polar surface area (TPSA) is 30.2 Å². The van der Waals surface area contributed by atoms with Gasteiger partial charge in [0.05, 0.1) is 6.33 Å². The fourth-order valence-corrected chi connectivity index (χ4v) is 1.25. The molecule has 0 aromatic carbocycles. The minimum Gasteiger partial charge on any atom is -0.309 e. The Kier molecular flexibility index (Phi) is 1.78. The zero-order chi connectivity index (χ0) is 8.39. The standard InChI is InChI=1S/C9H11N3/c1-8-2-3-9(6-11-8)12-5-4-10-7-12/h4-7H,2-3H2,1H3. The van der Waals surface area contributed by atoms with Crippen molar-refractivity contribution in [1.82, 2.24) is 9.55 Å². The minimum atomic E-state index is 1.06. The number of aromatic nitrogens is 2. The van der Waals surface area contributed by atoms with Crippen LogP contribution in [0.1, 0.15) is 19.8 Å². The van der Waals surface area contributed by atoms with Gasteiger partial charge in [0.25, 0.3) is 0 Å². The van der Waals surface area contributed by atoms with E-state index in [0.29, 0.717) is 0 Å². The van der Waals surface area contributed by atoms with Crippen molar-refractivity contribution in [2.24, 2.45) is 4.99 Å². The number of hydrogen-bond acceptors (Lipinski definition) is 2. The molecule has 62 valence electrons. The Balaban J connectivity index is 2.27. The highest BCUT2D eigenvalue weighted by Gasteiger charge is 2.04. The van der Waals surface area contributed by atoms with E-state index in [0.717, 1.165) is 12.8 Å². The molecule has 3 heteroatoms. The molecule has 0 saturated heterocycles. The van der Waals surface area contributed by atoms with E-state index in [4.69, 9.17) is 0 Å². The van der Waals surface area contributed by atoms with E-state index in [9.17, 15) is 0 Å². The van der Waals surface area contributed by atoms with Crippen LogP contribution in [0.25, 0.3) is 5.70 Å². The van der Waals surface area contributed by atoms with Gasteiger partial charge < -0.3 is 4.57 Å². The van der Waals surface area contributed by atoms with Gasteiger partial charge in [0.2, 0.25) is 0 Å². The van der Waals surface area contributed by atoms with Gasteiger partial charge in [-0.15, -0.1) is 0 Å². The maximum absolute atomic E-state index is 4.27. The smallest absolute Gasteiger partial charge is 0.0989 e. The molecule has 1 aromatic rings. The zero-order valence-corrected chi connectivity index (χ0v) is 7.07. The van der Waals surface area contributed by atoms with Gasteiger partial charge in [-0.1, -0.05) is 0 Å². The molecule has 0 amide bonds. The van der Waals surface area contributed by atoms with Gasteiger partial charge in [0, 0.05) is 30.0 Å². The fraction of sp³-hybridized carbons (Fsp3) is 0.333. The van der Waals surface area contributed by atoms with Gasteiger partial charge in [-0.05, 0) is 19.8 Å². The number of allylic oxidation sites excluding steroid dienone is 1. The normalized spacial score (nSPS) is 17.1. The summed E-state index contributed by atoms with van der Waals surface area (Å²) in [5, 5.41) is 0. The summed E-state index contributed by atoms with van der Waals surface area (Å²) in [5.74, 6) is 0. The molecule has 0 N–H and O–H groups in total. The molecule has 2 heterocycles. The van der Waals surface area contributed by atoms with Gasteiger partial charge in [0.15, 0.2) is 0 Å². The molecular formula is C9H11N3. The molecule has 0 unspecified atom stereocenters. The lowest BCUT2D eigenvalue weighted by Gasteiger charge is -2.11. The summed E-state index contributed by atoms with van der Waals surface area (Å²) in [6.07, 6.45) is 9.58. The van der Waals surface area contributed by atoms with Crippen LogP contribution in [0.15, 0.2) is 29.9 Å². The van der Waals surface area contributed by atoms with Crippen LogP contribution in [0.4, 0.5) is 0 Å². The highest BCUT2D eigenvalue weighted by atomic mass is 15.0. The van der Waals surface area contributed by atoms with Crippen molar-refractivity contribution in [1.29, 1.82) is 0 Å². The molecule has 1 aliphatic rings. The van der Waals surface area contributed by atoms with Crippen molar-refractivity contribution < 1.29 is 0 Å². The van der Waals surface area contributed by atoms with Crippen molar-refractivity contribution in [3.05, 3.63) is 24.9 Å². The first kappa shape index (κ1) is 7.28. The second kappa shape index (κ2) is 2.93. The van der Waals surface area contributed by atoms with Crippen molar-refractivity contribution in [3.63, 3.8) is 0 Å². The van der Waals surface area contributed by atoms with Gasteiger partial charge in [-0.25, -0.2) is 4.98 Å². The molecule has 0 saturated carbocycles. The van der Waals surface area contributed by atoms with Gasteiger partial charge in [-0.3, -0.25) is 4.99 Å². The molecule has 0 radical (unpaired) electrons. The lowest BCUT2D eigenvalue weighted by Crippen LogP contribution is -2.02. The molecule has 12 heavy (non-hydrogen) atoms. The first-order chi connectivity index (χ1) is 5.86. The van der Waals surface area contributed by atoms with Crippen molar-refractivity contribution in [2.75, 3.05) is 0 Å². The third-order valence-corrected chi connectivity index (χ3v) is 2.01. The number of nitrogens with zero attached hydrogens (tertiary/aromatic N) is 3. The molecule has 1 aliphatic heterocycles. The first-order valence-electron chi connectivity index (χ1n) is 4.07. The first-order valence-corrected chi connectivity index (χ1v) is 4.07. The summed E-state index contributed by atoms with van der Waals surface area (Å²) in [7, 11) is 0. The van der Waals surface area contributed by atoms with E-state index in [1.165, 1.54) is 11.4 Å². The Labute approximate surface area is 71.5 Å². The molecule has 2 rings (SSSR count).